The van der Waals surface area contributed by atoms with Crippen LogP contribution >= 0.6 is 0 Å². The first-order chi connectivity index (χ1) is 13.6. The molecule has 2 heterocycles. The number of hydrogen-bond donors (Lipinski definition) is 1. The Morgan fingerprint density at radius 3 is 2.54 bits per heavy atom. The van der Waals surface area contributed by atoms with Crippen molar-refractivity contribution in [1.82, 2.24) is 14.7 Å². The summed E-state index contributed by atoms with van der Waals surface area (Å²) in [5.41, 5.74) is 0.446. The minimum Gasteiger partial charge on any atom is -0.338 e. The maximum Gasteiger partial charge on any atom is 0.253 e. The highest BCUT2D eigenvalue weighted by Crippen LogP contribution is 2.31. The topological polar surface area (TPSA) is 67.2 Å². The van der Waals surface area contributed by atoms with Crippen LogP contribution in [0.5, 0.6) is 0 Å². The number of rotatable bonds is 4. The molecule has 0 spiro atoms. The van der Waals surface area contributed by atoms with E-state index in [2.05, 4.69) is 10.4 Å². The fraction of sp³-hybridized carbons (Fsp3) is 0.476. The molecule has 6 nitrogen and oxygen atoms in total. The summed E-state index contributed by atoms with van der Waals surface area (Å²) in [6.45, 7) is 0.986. The van der Waals surface area contributed by atoms with Crippen LogP contribution in [0.1, 0.15) is 54.9 Å². The van der Waals surface area contributed by atoms with Crippen molar-refractivity contribution >= 4 is 17.6 Å². The first-order valence-electron chi connectivity index (χ1n) is 10.0. The van der Waals surface area contributed by atoms with Gasteiger partial charge >= 0.3 is 0 Å². The van der Waals surface area contributed by atoms with E-state index in [1.807, 2.05) is 10.7 Å². The van der Waals surface area contributed by atoms with Crippen molar-refractivity contribution in [1.29, 1.82) is 0 Å². The van der Waals surface area contributed by atoms with Gasteiger partial charge in [0.25, 0.3) is 5.91 Å². The fourth-order valence-electron chi connectivity index (χ4n) is 4.23. The molecule has 1 aromatic heterocycles. The van der Waals surface area contributed by atoms with Crippen molar-refractivity contribution in [2.75, 3.05) is 18.4 Å². The molecule has 2 aliphatic rings. The second kappa shape index (κ2) is 8.12. The Morgan fingerprint density at radius 1 is 1.04 bits per heavy atom. The molecule has 1 aromatic carbocycles. The largest absolute Gasteiger partial charge is 0.338 e. The average molecular weight is 384 g/mol. The Hall–Kier alpha value is -2.70. The number of halogens is 1. The molecule has 148 valence electrons. The molecule has 1 N–H and O–H groups in total. The van der Waals surface area contributed by atoms with Gasteiger partial charge in [-0.3, -0.25) is 9.59 Å². The SMILES string of the molecule is O=C(Nc1ccnn1C1CCCC1)C1CCCN(C(=O)c2ccc(F)cc2)C1. The molecule has 28 heavy (non-hydrogen) atoms. The number of carbonyl (C=O) groups is 2. The second-order valence-electron chi connectivity index (χ2n) is 7.69. The molecule has 2 aromatic rings. The molecule has 2 fully saturated rings. The van der Waals surface area contributed by atoms with E-state index in [9.17, 15) is 14.0 Å². The zero-order valence-electron chi connectivity index (χ0n) is 15.8. The van der Waals surface area contributed by atoms with E-state index in [1.54, 1.807) is 11.1 Å². The molecule has 1 saturated carbocycles. The van der Waals surface area contributed by atoms with Gasteiger partial charge in [-0.1, -0.05) is 12.8 Å². The maximum atomic E-state index is 13.1. The van der Waals surface area contributed by atoms with E-state index in [-0.39, 0.29) is 23.5 Å². The van der Waals surface area contributed by atoms with Gasteiger partial charge < -0.3 is 10.2 Å². The molecule has 4 rings (SSSR count). The van der Waals surface area contributed by atoms with Gasteiger partial charge in [-0.25, -0.2) is 9.07 Å². The van der Waals surface area contributed by atoms with Crippen molar-refractivity contribution < 1.29 is 14.0 Å². The third-order valence-electron chi connectivity index (χ3n) is 5.76. The summed E-state index contributed by atoms with van der Waals surface area (Å²) in [6, 6.07) is 7.73. The van der Waals surface area contributed by atoms with Crippen molar-refractivity contribution in [3.8, 4) is 0 Å². The molecule has 1 aliphatic heterocycles. The number of benzene rings is 1. The summed E-state index contributed by atoms with van der Waals surface area (Å²) < 4.78 is 15.0. The second-order valence-corrected chi connectivity index (χ2v) is 7.69. The lowest BCUT2D eigenvalue weighted by atomic mass is 9.96. The predicted octanol–water partition coefficient (Wildman–Crippen LogP) is 3.63. The number of piperidine rings is 1. The van der Waals surface area contributed by atoms with Crippen LogP contribution in [0.15, 0.2) is 36.5 Å². The minimum atomic E-state index is -0.369. The van der Waals surface area contributed by atoms with E-state index in [0.29, 0.717) is 24.7 Å². The van der Waals surface area contributed by atoms with Crippen LogP contribution < -0.4 is 5.32 Å². The van der Waals surface area contributed by atoms with E-state index in [4.69, 9.17) is 0 Å². The summed E-state index contributed by atoms with van der Waals surface area (Å²) in [6.07, 6.45) is 7.81. The van der Waals surface area contributed by atoms with Crippen LogP contribution in [0.3, 0.4) is 0 Å². The van der Waals surface area contributed by atoms with Gasteiger partial charge in [-0.05, 0) is 49.9 Å². The highest BCUT2D eigenvalue weighted by atomic mass is 19.1. The standard InChI is InChI=1S/C21H25FN4O2/c22-17-9-7-15(8-10-17)21(28)25-13-3-4-16(14-25)20(27)24-19-11-12-23-26(19)18-5-1-2-6-18/h7-12,16,18H,1-6,13-14H2,(H,24,27). The number of amides is 2. The average Bonchev–Trinajstić information content (AvgIpc) is 3.39. The van der Waals surface area contributed by atoms with Crippen molar-refractivity contribution in [3.05, 3.63) is 47.9 Å². The number of nitrogens with one attached hydrogen (secondary N) is 1. The van der Waals surface area contributed by atoms with E-state index < -0.39 is 0 Å². The van der Waals surface area contributed by atoms with Gasteiger partial charge in [-0.2, -0.15) is 5.10 Å². The number of hydrogen-bond acceptors (Lipinski definition) is 3. The minimum absolute atomic E-state index is 0.0728. The van der Waals surface area contributed by atoms with Gasteiger partial charge in [0, 0.05) is 24.7 Å². The first kappa shape index (κ1) is 18.7. The van der Waals surface area contributed by atoms with Gasteiger partial charge in [0.1, 0.15) is 11.6 Å². The zero-order valence-corrected chi connectivity index (χ0v) is 15.8. The van der Waals surface area contributed by atoms with Crippen LogP contribution in [0.4, 0.5) is 10.2 Å². The summed E-state index contributed by atoms with van der Waals surface area (Å²) in [5, 5.41) is 7.41. The summed E-state index contributed by atoms with van der Waals surface area (Å²) in [7, 11) is 0. The Kier molecular flexibility index (Phi) is 5.41. The predicted molar refractivity (Wildman–Crippen MR) is 103 cm³/mol. The van der Waals surface area contributed by atoms with E-state index >= 15 is 0 Å². The molecule has 7 heteroatoms. The number of likely N-dealkylation sites (tertiary alicyclic amines) is 1. The molecule has 1 aliphatic carbocycles. The summed E-state index contributed by atoms with van der Waals surface area (Å²) in [4.78, 5) is 27.2. The van der Waals surface area contributed by atoms with E-state index in [1.165, 1.54) is 37.1 Å². The van der Waals surface area contributed by atoms with Crippen LogP contribution in [0.25, 0.3) is 0 Å². The molecule has 1 atom stereocenters. The van der Waals surface area contributed by atoms with Crippen molar-refractivity contribution in [3.63, 3.8) is 0 Å². The van der Waals surface area contributed by atoms with Gasteiger partial charge in [0.15, 0.2) is 0 Å². The Labute approximate surface area is 163 Å². The van der Waals surface area contributed by atoms with E-state index in [0.717, 1.165) is 31.5 Å². The number of nitrogens with zero attached hydrogens (tertiary/aromatic N) is 3. The van der Waals surface area contributed by atoms with Crippen LogP contribution in [0.2, 0.25) is 0 Å². The first-order valence-corrected chi connectivity index (χ1v) is 10.0. The van der Waals surface area contributed by atoms with Crippen molar-refractivity contribution in [2.45, 2.75) is 44.6 Å². The highest BCUT2D eigenvalue weighted by molar-refractivity contribution is 5.96. The molecular formula is C21H25FN4O2. The molecule has 1 saturated heterocycles. The fourth-order valence-corrected chi connectivity index (χ4v) is 4.23. The molecular weight excluding hydrogens is 359 g/mol. The lowest BCUT2D eigenvalue weighted by molar-refractivity contribution is -0.121. The third-order valence-corrected chi connectivity index (χ3v) is 5.76. The van der Waals surface area contributed by atoms with Crippen LogP contribution in [-0.2, 0) is 4.79 Å². The number of carbonyl (C=O) groups excluding carboxylic acids is 2. The Morgan fingerprint density at radius 2 is 1.79 bits per heavy atom. The lowest BCUT2D eigenvalue weighted by Gasteiger charge is -2.32. The quantitative estimate of drug-likeness (QED) is 0.875. The van der Waals surface area contributed by atoms with Gasteiger partial charge in [0.05, 0.1) is 18.2 Å². The molecule has 0 bridgehead atoms. The van der Waals surface area contributed by atoms with Gasteiger partial charge in [0.2, 0.25) is 5.91 Å². The van der Waals surface area contributed by atoms with Gasteiger partial charge in [-0.15, -0.1) is 0 Å². The Bertz CT molecular complexity index is 842. The van der Waals surface area contributed by atoms with Crippen LogP contribution in [-0.4, -0.2) is 39.6 Å². The Balaban J connectivity index is 1.40. The summed E-state index contributed by atoms with van der Waals surface area (Å²) >= 11 is 0. The molecule has 2 amide bonds. The highest BCUT2D eigenvalue weighted by Gasteiger charge is 2.30. The normalized spacial score (nSPS) is 20.3. The molecule has 0 radical (unpaired) electrons. The summed E-state index contributed by atoms with van der Waals surface area (Å²) in [5.74, 6) is -0.125. The monoisotopic (exact) mass is 384 g/mol. The smallest absolute Gasteiger partial charge is 0.253 e. The zero-order chi connectivity index (χ0) is 19.5. The third kappa shape index (κ3) is 3.93. The maximum absolute atomic E-state index is 13.1. The lowest BCUT2D eigenvalue weighted by Crippen LogP contribution is -2.44. The number of anilines is 1. The number of aromatic nitrogens is 2. The molecule has 1 unspecified atom stereocenters. The van der Waals surface area contributed by atoms with Crippen LogP contribution in [0, 0.1) is 11.7 Å². The van der Waals surface area contributed by atoms with Crippen molar-refractivity contribution in [2.24, 2.45) is 5.92 Å².